The minimum atomic E-state index is -0.00805. The molecule has 1 aliphatic heterocycles. The molecule has 1 atom stereocenters. The van der Waals surface area contributed by atoms with Crippen molar-refractivity contribution in [2.45, 2.75) is 52.5 Å². The van der Waals surface area contributed by atoms with Crippen LogP contribution in [0.5, 0.6) is 5.75 Å². The van der Waals surface area contributed by atoms with Gasteiger partial charge in [0, 0.05) is 18.7 Å². The van der Waals surface area contributed by atoms with Crippen molar-refractivity contribution < 1.29 is 9.53 Å². The minimum absolute atomic E-state index is 0.00805. The first-order chi connectivity index (χ1) is 13.0. The van der Waals surface area contributed by atoms with E-state index >= 15 is 0 Å². The standard InChI is InChI=1S/C21H28N4O2/c1-5-16-8-6-7-11-25(16)21(26)18-13-20(23-15(3)22-18)24-17-12-14(2)9-10-19(17)27-4/h9-10,12-13,16H,5-8,11H2,1-4H3,(H,22,23,24). The van der Waals surface area contributed by atoms with E-state index in [2.05, 4.69) is 22.2 Å². The maximum atomic E-state index is 13.1. The fourth-order valence-corrected chi connectivity index (χ4v) is 3.64. The summed E-state index contributed by atoms with van der Waals surface area (Å²) in [7, 11) is 1.64. The number of nitrogens with one attached hydrogen (secondary N) is 1. The predicted molar refractivity (Wildman–Crippen MR) is 107 cm³/mol. The number of carbonyl (C=O) groups excluding carboxylic acids is 1. The quantitative estimate of drug-likeness (QED) is 0.854. The van der Waals surface area contributed by atoms with Gasteiger partial charge < -0.3 is 15.0 Å². The van der Waals surface area contributed by atoms with Crippen molar-refractivity contribution in [3.63, 3.8) is 0 Å². The number of methoxy groups -OCH3 is 1. The Morgan fingerprint density at radius 2 is 2.07 bits per heavy atom. The molecule has 3 rings (SSSR count). The molecule has 0 saturated carbocycles. The van der Waals surface area contributed by atoms with Crippen molar-refractivity contribution in [2.75, 3.05) is 19.0 Å². The fourth-order valence-electron chi connectivity index (χ4n) is 3.64. The molecule has 6 nitrogen and oxygen atoms in total. The fraction of sp³-hybridized carbons (Fsp3) is 0.476. The van der Waals surface area contributed by atoms with E-state index in [4.69, 9.17) is 4.74 Å². The maximum Gasteiger partial charge on any atom is 0.272 e. The Bertz CT molecular complexity index is 822. The van der Waals surface area contributed by atoms with Crippen LogP contribution in [0.1, 0.15) is 54.5 Å². The third kappa shape index (κ3) is 4.38. The summed E-state index contributed by atoms with van der Waals surface area (Å²) in [5.41, 5.74) is 2.37. The molecule has 1 fully saturated rings. The number of aryl methyl sites for hydroxylation is 2. The molecule has 2 heterocycles. The van der Waals surface area contributed by atoms with Gasteiger partial charge in [-0.1, -0.05) is 13.0 Å². The van der Waals surface area contributed by atoms with Crippen LogP contribution in [0.4, 0.5) is 11.5 Å². The molecule has 0 bridgehead atoms. The molecule has 1 amide bonds. The Hall–Kier alpha value is -2.63. The number of hydrogen-bond donors (Lipinski definition) is 1. The molecule has 27 heavy (non-hydrogen) atoms. The molecule has 1 aromatic carbocycles. The van der Waals surface area contributed by atoms with Crippen molar-refractivity contribution in [2.24, 2.45) is 0 Å². The maximum absolute atomic E-state index is 13.1. The summed E-state index contributed by atoms with van der Waals surface area (Å²) in [6.45, 7) is 6.77. The van der Waals surface area contributed by atoms with E-state index in [9.17, 15) is 4.79 Å². The second kappa shape index (κ2) is 8.37. The summed E-state index contributed by atoms with van der Waals surface area (Å²) < 4.78 is 5.42. The summed E-state index contributed by atoms with van der Waals surface area (Å²) in [6.07, 6.45) is 4.28. The molecule has 0 aliphatic carbocycles. The number of piperidine rings is 1. The van der Waals surface area contributed by atoms with Crippen molar-refractivity contribution in [1.29, 1.82) is 0 Å². The molecule has 1 aromatic heterocycles. The van der Waals surface area contributed by atoms with Crippen molar-refractivity contribution in [3.05, 3.63) is 41.3 Å². The normalized spacial score (nSPS) is 16.9. The van der Waals surface area contributed by atoms with Gasteiger partial charge in [-0.25, -0.2) is 9.97 Å². The molecule has 1 N–H and O–H groups in total. The summed E-state index contributed by atoms with van der Waals surface area (Å²) in [5.74, 6) is 1.89. The zero-order chi connectivity index (χ0) is 19.4. The predicted octanol–water partition coefficient (Wildman–Crippen LogP) is 4.25. The van der Waals surface area contributed by atoms with Crippen LogP contribution in [-0.4, -0.2) is 40.5 Å². The lowest BCUT2D eigenvalue weighted by atomic mass is 9.99. The van der Waals surface area contributed by atoms with Gasteiger partial charge in [-0.05, 0) is 57.2 Å². The van der Waals surface area contributed by atoms with Crippen LogP contribution in [0.15, 0.2) is 24.3 Å². The summed E-state index contributed by atoms with van der Waals surface area (Å²) in [5, 5.41) is 3.28. The van der Waals surface area contributed by atoms with E-state index in [0.717, 1.165) is 42.8 Å². The number of hydrogen-bond acceptors (Lipinski definition) is 5. The van der Waals surface area contributed by atoms with Gasteiger partial charge in [-0.2, -0.15) is 0 Å². The number of carbonyl (C=O) groups is 1. The molecule has 144 valence electrons. The Kier molecular flexibility index (Phi) is 5.94. The lowest BCUT2D eigenvalue weighted by molar-refractivity contribution is 0.0601. The first kappa shape index (κ1) is 19.1. The highest BCUT2D eigenvalue weighted by Crippen LogP contribution is 2.28. The zero-order valence-electron chi connectivity index (χ0n) is 16.6. The van der Waals surface area contributed by atoms with Crippen LogP contribution in [-0.2, 0) is 0 Å². The smallest absolute Gasteiger partial charge is 0.272 e. The molecule has 0 spiro atoms. The number of ether oxygens (including phenoxy) is 1. The van der Waals surface area contributed by atoms with Crippen LogP contribution in [0, 0.1) is 13.8 Å². The zero-order valence-corrected chi connectivity index (χ0v) is 16.6. The Balaban J connectivity index is 1.88. The SMILES string of the molecule is CCC1CCCCN1C(=O)c1cc(Nc2cc(C)ccc2OC)nc(C)n1. The molecule has 1 aliphatic rings. The Morgan fingerprint density at radius 1 is 1.26 bits per heavy atom. The van der Waals surface area contributed by atoms with Gasteiger partial charge in [-0.15, -0.1) is 0 Å². The molecule has 1 saturated heterocycles. The van der Waals surface area contributed by atoms with Crippen LogP contribution in [0.2, 0.25) is 0 Å². The van der Waals surface area contributed by atoms with E-state index in [1.165, 1.54) is 6.42 Å². The van der Waals surface area contributed by atoms with Crippen LogP contribution < -0.4 is 10.1 Å². The van der Waals surface area contributed by atoms with Crippen molar-refractivity contribution in [3.8, 4) is 5.75 Å². The van der Waals surface area contributed by atoms with E-state index < -0.39 is 0 Å². The number of anilines is 2. The number of amides is 1. The first-order valence-electron chi connectivity index (χ1n) is 9.60. The third-order valence-corrected chi connectivity index (χ3v) is 5.03. The highest BCUT2D eigenvalue weighted by Gasteiger charge is 2.27. The summed E-state index contributed by atoms with van der Waals surface area (Å²) >= 11 is 0. The second-order valence-corrected chi connectivity index (χ2v) is 7.07. The second-order valence-electron chi connectivity index (χ2n) is 7.07. The van der Waals surface area contributed by atoms with Crippen LogP contribution in [0.3, 0.4) is 0 Å². The molecular weight excluding hydrogens is 340 g/mol. The van der Waals surface area contributed by atoms with Crippen molar-refractivity contribution in [1.82, 2.24) is 14.9 Å². The largest absolute Gasteiger partial charge is 0.495 e. The first-order valence-corrected chi connectivity index (χ1v) is 9.60. The lowest BCUT2D eigenvalue weighted by Crippen LogP contribution is -2.43. The molecule has 1 unspecified atom stereocenters. The number of rotatable bonds is 5. The van der Waals surface area contributed by atoms with Gasteiger partial charge in [-0.3, -0.25) is 4.79 Å². The minimum Gasteiger partial charge on any atom is -0.495 e. The number of aromatic nitrogens is 2. The molecule has 0 radical (unpaired) electrons. The van der Waals surface area contributed by atoms with Gasteiger partial charge in [0.2, 0.25) is 0 Å². The molecule has 2 aromatic rings. The van der Waals surface area contributed by atoms with E-state index in [1.807, 2.05) is 36.9 Å². The highest BCUT2D eigenvalue weighted by molar-refractivity contribution is 5.93. The van der Waals surface area contributed by atoms with Gasteiger partial charge >= 0.3 is 0 Å². The van der Waals surface area contributed by atoms with E-state index in [1.54, 1.807) is 13.2 Å². The van der Waals surface area contributed by atoms with Crippen LogP contribution >= 0.6 is 0 Å². The Labute approximate surface area is 161 Å². The van der Waals surface area contributed by atoms with Crippen molar-refractivity contribution >= 4 is 17.4 Å². The van der Waals surface area contributed by atoms with Gasteiger partial charge in [0.05, 0.1) is 12.8 Å². The summed E-state index contributed by atoms with van der Waals surface area (Å²) in [6, 6.07) is 7.94. The lowest BCUT2D eigenvalue weighted by Gasteiger charge is -2.35. The molecular formula is C21H28N4O2. The van der Waals surface area contributed by atoms with Crippen LogP contribution in [0.25, 0.3) is 0 Å². The molecule has 6 heteroatoms. The number of nitrogens with zero attached hydrogens (tertiary/aromatic N) is 3. The topological polar surface area (TPSA) is 67.4 Å². The van der Waals surface area contributed by atoms with E-state index in [-0.39, 0.29) is 5.91 Å². The van der Waals surface area contributed by atoms with Gasteiger partial charge in [0.15, 0.2) is 0 Å². The summed E-state index contributed by atoms with van der Waals surface area (Å²) in [4.78, 5) is 23.9. The average molecular weight is 368 g/mol. The number of likely N-dealkylation sites (tertiary alicyclic amines) is 1. The Morgan fingerprint density at radius 3 is 2.81 bits per heavy atom. The highest BCUT2D eigenvalue weighted by atomic mass is 16.5. The average Bonchev–Trinajstić information content (AvgIpc) is 2.67. The third-order valence-electron chi connectivity index (χ3n) is 5.03. The van der Waals surface area contributed by atoms with Gasteiger partial charge in [0.25, 0.3) is 5.91 Å². The number of benzene rings is 1. The van der Waals surface area contributed by atoms with E-state index in [0.29, 0.717) is 23.4 Å². The monoisotopic (exact) mass is 368 g/mol. The van der Waals surface area contributed by atoms with Gasteiger partial charge in [0.1, 0.15) is 23.1 Å².